The van der Waals surface area contributed by atoms with Gasteiger partial charge in [-0.05, 0) is 25.0 Å². The highest BCUT2D eigenvalue weighted by atomic mass is 16.3. The topological polar surface area (TPSA) is 54.8 Å². The number of likely N-dealkylation sites (tertiary alicyclic amines) is 1. The van der Waals surface area contributed by atoms with E-state index in [-0.39, 0.29) is 0 Å². The Kier molecular flexibility index (Phi) is 3.86. The number of aliphatic imine (C=N–C) groups is 1. The summed E-state index contributed by atoms with van der Waals surface area (Å²) in [6.07, 6.45) is 6.71. The summed E-state index contributed by atoms with van der Waals surface area (Å²) in [5.74, 6) is 1.51. The molecule has 1 saturated heterocycles. The van der Waals surface area contributed by atoms with Gasteiger partial charge in [0.2, 0.25) is 0 Å². The van der Waals surface area contributed by atoms with E-state index in [1.807, 2.05) is 12.1 Å². The lowest BCUT2D eigenvalue weighted by Crippen LogP contribution is -2.38. The Hall–Kier alpha value is -1.45. The quantitative estimate of drug-likeness (QED) is 0.613. The van der Waals surface area contributed by atoms with Gasteiger partial charge >= 0.3 is 0 Å². The van der Waals surface area contributed by atoms with Crippen molar-refractivity contribution in [3.63, 3.8) is 0 Å². The fourth-order valence-electron chi connectivity index (χ4n) is 1.96. The van der Waals surface area contributed by atoms with Crippen LogP contribution in [0.1, 0.15) is 31.4 Å². The van der Waals surface area contributed by atoms with Gasteiger partial charge in [-0.25, -0.2) is 4.99 Å². The van der Waals surface area contributed by atoms with Crippen molar-refractivity contribution in [2.45, 2.75) is 32.2 Å². The molecule has 2 heterocycles. The molecule has 0 aromatic carbocycles. The van der Waals surface area contributed by atoms with Gasteiger partial charge in [0.15, 0.2) is 5.96 Å². The molecule has 0 unspecified atom stereocenters. The lowest BCUT2D eigenvalue weighted by Gasteiger charge is -2.20. The second-order valence-electron chi connectivity index (χ2n) is 4.16. The van der Waals surface area contributed by atoms with Crippen molar-refractivity contribution < 1.29 is 4.42 Å². The molecule has 16 heavy (non-hydrogen) atoms. The minimum Gasteiger partial charge on any atom is -0.467 e. The van der Waals surface area contributed by atoms with Crippen molar-refractivity contribution in [2.24, 2.45) is 10.7 Å². The van der Waals surface area contributed by atoms with Gasteiger partial charge in [-0.15, -0.1) is 0 Å². The van der Waals surface area contributed by atoms with Crippen molar-refractivity contribution in [1.82, 2.24) is 4.90 Å². The van der Waals surface area contributed by atoms with Crippen LogP contribution in [0.5, 0.6) is 0 Å². The molecule has 1 aliphatic heterocycles. The molecule has 2 rings (SSSR count). The van der Waals surface area contributed by atoms with Crippen LogP contribution in [-0.4, -0.2) is 23.9 Å². The average Bonchev–Trinajstić information content (AvgIpc) is 2.66. The summed E-state index contributed by atoms with van der Waals surface area (Å²) in [5.41, 5.74) is 5.97. The van der Waals surface area contributed by atoms with E-state index in [9.17, 15) is 0 Å². The number of guanidine groups is 1. The Morgan fingerprint density at radius 3 is 2.69 bits per heavy atom. The van der Waals surface area contributed by atoms with E-state index in [4.69, 9.17) is 10.2 Å². The fourth-order valence-corrected chi connectivity index (χ4v) is 1.96. The average molecular weight is 221 g/mol. The first-order valence-electron chi connectivity index (χ1n) is 5.93. The molecule has 88 valence electrons. The fraction of sp³-hybridized carbons (Fsp3) is 0.583. The smallest absolute Gasteiger partial charge is 0.191 e. The van der Waals surface area contributed by atoms with E-state index >= 15 is 0 Å². The van der Waals surface area contributed by atoms with E-state index in [0.717, 1.165) is 18.8 Å². The molecule has 1 aromatic rings. The van der Waals surface area contributed by atoms with Crippen LogP contribution in [0.25, 0.3) is 0 Å². The number of hydrogen-bond acceptors (Lipinski definition) is 2. The minimum absolute atomic E-state index is 0.537. The lowest BCUT2D eigenvalue weighted by atomic mass is 10.2. The summed E-state index contributed by atoms with van der Waals surface area (Å²) >= 11 is 0. The molecule has 0 saturated carbocycles. The van der Waals surface area contributed by atoms with Crippen molar-refractivity contribution in [3.05, 3.63) is 24.2 Å². The molecule has 4 heteroatoms. The zero-order chi connectivity index (χ0) is 11.2. The molecule has 1 fully saturated rings. The van der Waals surface area contributed by atoms with Gasteiger partial charge < -0.3 is 15.1 Å². The monoisotopic (exact) mass is 221 g/mol. The van der Waals surface area contributed by atoms with Crippen molar-refractivity contribution >= 4 is 5.96 Å². The normalized spacial score (nSPS) is 18.5. The van der Waals surface area contributed by atoms with Crippen LogP contribution in [0.2, 0.25) is 0 Å². The molecule has 1 aromatic heterocycles. The molecule has 0 amide bonds. The highest BCUT2D eigenvalue weighted by Gasteiger charge is 2.10. The maximum Gasteiger partial charge on any atom is 0.191 e. The lowest BCUT2D eigenvalue weighted by molar-refractivity contribution is 0.426. The molecule has 0 bridgehead atoms. The first kappa shape index (κ1) is 11.0. The highest BCUT2D eigenvalue weighted by molar-refractivity contribution is 5.78. The summed E-state index contributed by atoms with van der Waals surface area (Å²) in [6.45, 7) is 2.61. The second-order valence-corrected chi connectivity index (χ2v) is 4.16. The van der Waals surface area contributed by atoms with Crippen molar-refractivity contribution in [1.29, 1.82) is 0 Å². The van der Waals surface area contributed by atoms with E-state index in [0.29, 0.717) is 12.5 Å². The van der Waals surface area contributed by atoms with E-state index in [1.54, 1.807) is 6.26 Å². The highest BCUT2D eigenvalue weighted by Crippen LogP contribution is 2.09. The molecule has 0 aliphatic carbocycles. The van der Waals surface area contributed by atoms with E-state index < -0.39 is 0 Å². The van der Waals surface area contributed by atoms with Crippen LogP contribution in [0.3, 0.4) is 0 Å². The van der Waals surface area contributed by atoms with Gasteiger partial charge in [-0.2, -0.15) is 0 Å². The number of rotatable bonds is 2. The maximum atomic E-state index is 5.97. The van der Waals surface area contributed by atoms with Gasteiger partial charge in [0.25, 0.3) is 0 Å². The third kappa shape index (κ3) is 3.02. The zero-order valence-corrected chi connectivity index (χ0v) is 9.56. The third-order valence-electron chi connectivity index (χ3n) is 2.91. The Bertz CT molecular complexity index is 324. The molecular formula is C12H19N3O. The maximum absolute atomic E-state index is 5.97. The number of furan rings is 1. The molecule has 0 radical (unpaired) electrons. The van der Waals surface area contributed by atoms with E-state index in [2.05, 4.69) is 9.89 Å². The SMILES string of the molecule is NC(=NCc1ccco1)N1CCCCCC1. The predicted molar refractivity (Wildman–Crippen MR) is 64.1 cm³/mol. The Labute approximate surface area is 96.1 Å². The van der Waals surface area contributed by atoms with Crippen LogP contribution in [0.15, 0.2) is 27.8 Å². The number of nitrogens with two attached hydrogens (primary N) is 1. The third-order valence-corrected chi connectivity index (χ3v) is 2.91. The summed E-state index contributed by atoms with van der Waals surface area (Å²) in [6, 6.07) is 3.78. The Morgan fingerprint density at radius 2 is 2.06 bits per heavy atom. The molecule has 2 N–H and O–H groups in total. The number of hydrogen-bond donors (Lipinski definition) is 1. The summed E-state index contributed by atoms with van der Waals surface area (Å²) < 4.78 is 5.21. The minimum atomic E-state index is 0.537. The molecule has 0 spiro atoms. The molecular weight excluding hydrogens is 202 g/mol. The summed E-state index contributed by atoms with van der Waals surface area (Å²) in [7, 11) is 0. The van der Waals surface area contributed by atoms with Gasteiger partial charge in [0.1, 0.15) is 12.3 Å². The molecule has 1 aliphatic rings. The molecule has 0 atom stereocenters. The van der Waals surface area contributed by atoms with Crippen LogP contribution >= 0.6 is 0 Å². The van der Waals surface area contributed by atoms with Gasteiger partial charge in [0, 0.05) is 13.1 Å². The van der Waals surface area contributed by atoms with Crippen molar-refractivity contribution in [2.75, 3.05) is 13.1 Å². The van der Waals surface area contributed by atoms with Gasteiger partial charge in [0.05, 0.1) is 6.26 Å². The predicted octanol–water partition coefficient (Wildman–Crippen LogP) is 1.97. The van der Waals surface area contributed by atoms with Gasteiger partial charge in [-0.1, -0.05) is 12.8 Å². The Morgan fingerprint density at radius 1 is 1.31 bits per heavy atom. The van der Waals surface area contributed by atoms with Crippen LogP contribution < -0.4 is 5.73 Å². The molecule has 4 nitrogen and oxygen atoms in total. The van der Waals surface area contributed by atoms with E-state index in [1.165, 1.54) is 25.7 Å². The second kappa shape index (κ2) is 5.58. The summed E-state index contributed by atoms with van der Waals surface area (Å²) in [5, 5.41) is 0. The van der Waals surface area contributed by atoms with Crippen LogP contribution in [-0.2, 0) is 6.54 Å². The van der Waals surface area contributed by atoms with Crippen LogP contribution in [0.4, 0.5) is 0 Å². The van der Waals surface area contributed by atoms with Crippen molar-refractivity contribution in [3.8, 4) is 0 Å². The Balaban J connectivity index is 1.89. The van der Waals surface area contributed by atoms with Crippen LogP contribution in [0, 0.1) is 0 Å². The first-order valence-corrected chi connectivity index (χ1v) is 5.93. The number of nitrogens with zero attached hydrogens (tertiary/aromatic N) is 2. The largest absolute Gasteiger partial charge is 0.467 e. The first-order chi connectivity index (χ1) is 7.86. The summed E-state index contributed by atoms with van der Waals surface area (Å²) in [4.78, 5) is 6.54. The standard InChI is InChI=1S/C12H19N3O/c13-12(14-10-11-6-5-9-16-11)15-7-3-1-2-4-8-15/h5-6,9H,1-4,7-8,10H2,(H2,13,14). The zero-order valence-electron chi connectivity index (χ0n) is 9.56. The van der Waals surface area contributed by atoms with Gasteiger partial charge in [-0.3, -0.25) is 0 Å².